The predicted molar refractivity (Wildman–Crippen MR) is 95.1 cm³/mol. The van der Waals surface area contributed by atoms with Crippen molar-refractivity contribution in [3.8, 4) is 11.5 Å². The van der Waals surface area contributed by atoms with Crippen molar-refractivity contribution in [2.45, 2.75) is 31.8 Å². The second-order valence-corrected chi connectivity index (χ2v) is 8.15. The Labute approximate surface area is 151 Å². The molecule has 5 rings (SSSR count). The number of thiophene rings is 1. The van der Waals surface area contributed by atoms with Crippen molar-refractivity contribution in [3.63, 3.8) is 0 Å². The van der Waals surface area contributed by atoms with Gasteiger partial charge in [-0.25, -0.2) is 0 Å². The smallest absolute Gasteiger partial charge is 0.256 e. The van der Waals surface area contributed by atoms with Crippen LogP contribution in [0.25, 0.3) is 0 Å². The Balaban J connectivity index is 1.54. The monoisotopic (exact) mass is 406 g/mol. The summed E-state index contributed by atoms with van der Waals surface area (Å²) in [4.78, 5) is 14.1. The summed E-state index contributed by atoms with van der Waals surface area (Å²) in [5, 5.41) is 7.57. The lowest BCUT2D eigenvalue weighted by Crippen LogP contribution is -2.38. The summed E-state index contributed by atoms with van der Waals surface area (Å²) in [5.41, 5.74) is 3.03. The van der Waals surface area contributed by atoms with Crippen molar-refractivity contribution in [2.75, 3.05) is 12.1 Å². The van der Waals surface area contributed by atoms with Gasteiger partial charge in [0.1, 0.15) is 11.2 Å². The lowest BCUT2D eigenvalue weighted by molar-refractivity contribution is 0.0935. The molecule has 1 aromatic heterocycles. The van der Waals surface area contributed by atoms with Gasteiger partial charge in [0.2, 0.25) is 6.79 Å². The van der Waals surface area contributed by atoms with Crippen molar-refractivity contribution in [3.05, 3.63) is 38.2 Å². The summed E-state index contributed by atoms with van der Waals surface area (Å²) in [5.74, 6) is 1.44. The zero-order valence-electron chi connectivity index (χ0n) is 12.8. The molecule has 0 unspecified atom stereocenters. The van der Waals surface area contributed by atoms with E-state index in [0.717, 1.165) is 39.2 Å². The Kier molecular flexibility index (Phi) is 3.28. The Morgan fingerprint density at radius 3 is 2.79 bits per heavy atom. The topological polar surface area (TPSA) is 59.6 Å². The third-order valence-electron chi connectivity index (χ3n) is 4.75. The second-order valence-electron chi connectivity index (χ2n) is 6.19. The highest BCUT2D eigenvalue weighted by atomic mass is 79.9. The molecule has 0 saturated carbocycles. The van der Waals surface area contributed by atoms with Crippen LogP contribution in [0.3, 0.4) is 0 Å². The minimum absolute atomic E-state index is 0.0118. The van der Waals surface area contributed by atoms with E-state index in [1.54, 1.807) is 11.3 Å². The van der Waals surface area contributed by atoms with Crippen LogP contribution in [0.2, 0.25) is 0 Å². The van der Waals surface area contributed by atoms with Gasteiger partial charge < -0.3 is 20.1 Å². The normalized spacial score (nSPS) is 20.9. The lowest BCUT2D eigenvalue weighted by Gasteiger charge is -2.27. The van der Waals surface area contributed by atoms with Crippen LogP contribution in [0.5, 0.6) is 11.5 Å². The molecular weight excluding hydrogens is 392 g/mol. The van der Waals surface area contributed by atoms with Crippen molar-refractivity contribution in [1.82, 2.24) is 5.32 Å². The number of benzene rings is 1. The molecule has 3 aliphatic rings. The number of ether oxygens (including phenoxy) is 2. The van der Waals surface area contributed by atoms with E-state index in [4.69, 9.17) is 9.47 Å². The number of halogens is 1. The van der Waals surface area contributed by atoms with Crippen molar-refractivity contribution in [1.29, 1.82) is 0 Å². The van der Waals surface area contributed by atoms with E-state index in [2.05, 4.69) is 26.6 Å². The van der Waals surface area contributed by atoms with E-state index in [9.17, 15) is 4.79 Å². The molecule has 7 heteroatoms. The zero-order valence-corrected chi connectivity index (χ0v) is 15.2. The van der Waals surface area contributed by atoms with Gasteiger partial charge in [0, 0.05) is 14.9 Å². The van der Waals surface area contributed by atoms with Crippen LogP contribution in [-0.4, -0.2) is 12.7 Å². The molecule has 0 radical (unpaired) electrons. The average Bonchev–Trinajstić information content (AvgIpc) is 3.17. The highest BCUT2D eigenvalue weighted by Gasteiger charge is 2.33. The predicted octanol–water partition coefficient (Wildman–Crippen LogP) is 3.97. The van der Waals surface area contributed by atoms with Gasteiger partial charge in [-0.1, -0.05) is 15.9 Å². The molecule has 2 aliphatic heterocycles. The molecule has 124 valence electrons. The first-order chi connectivity index (χ1) is 11.7. The maximum absolute atomic E-state index is 12.7. The van der Waals surface area contributed by atoms with Gasteiger partial charge in [-0.3, -0.25) is 4.79 Å². The van der Waals surface area contributed by atoms with E-state index in [-0.39, 0.29) is 18.9 Å². The van der Waals surface area contributed by atoms with Gasteiger partial charge in [0.25, 0.3) is 5.91 Å². The molecule has 0 spiro atoms. The van der Waals surface area contributed by atoms with E-state index in [0.29, 0.717) is 5.75 Å². The Morgan fingerprint density at radius 2 is 1.92 bits per heavy atom. The summed E-state index contributed by atoms with van der Waals surface area (Å²) in [6.45, 7) is 0.234. The SMILES string of the molecule is O=C1N[C@H](c2cc3c(cc2Br)OCO3)Nc2sc3c(c21)CCCC3. The van der Waals surface area contributed by atoms with Gasteiger partial charge in [-0.15, -0.1) is 11.3 Å². The van der Waals surface area contributed by atoms with Crippen LogP contribution in [0.15, 0.2) is 16.6 Å². The number of nitrogens with one attached hydrogen (secondary N) is 2. The highest BCUT2D eigenvalue weighted by molar-refractivity contribution is 9.10. The fourth-order valence-electron chi connectivity index (χ4n) is 3.59. The molecule has 1 aromatic carbocycles. The van der Waals surface area contributed by atoms with E-state index in [1.807, 2.05) is 12.1 Å². The molecule has 24 heavy (non-hydrogen) atoms. The highest BCUT2D eigenvalue weighted by Crippen LogP contribution is 2.44. The third kappa shape index (κ3) is 2.14. The fourth-order valence-corrected chi connectivity index (χ4v) is 5.45. The second kappa shape index (κ2) is 5.39. The average molecular weight is 407 g/mol. The number of anilines is 1. The molecule has 3 heterocycles. The van der Waals surface area contributed by atoms with Crippen LogP contribution in [0.4, 0.5) is 5.00 Å². The zero-order chi connectivity index (χ0) is 16.3. The van der Waals surface area contributed by atoms with Crippen LogP contribution >= 0.6 is 27.3 Å². The van der Waals surface area contributed by atoms with Gasteiger partial charge in [0.05, 0.1) is 5.56 Å². The van der Waals surface area contributed by atoms with Crippen LogP contribution in [0, 0.1) is 0 Å². The van der Waals surface area contributed by atoms with Gasteiger partial charge in [-0.2, -0.15) is 0 Å². The van der Waals surface area contributed by atoms with Crippen LogP contribution < -0.4 is 20.1 Å². The molecule has 0 saturated heterocycles. The van der Waals surface area contributed by atoms with Crippen molar-refractivity contribution >= 4 is 38.2 Å². The van der Waals surface area contributed by atoms with E-state index < -0.39 is 0 Å². The quantitative estimate of drug-likeness (QED) is 0.751. The summed E-state index contributed by atoms with van der Waals surface area (Å²) < 4.78 is 11.7. The summed E-state index contributed by atoms with van der Waals surface area (Å²) in [6.07, 6.45) is 4.19. The summed E-state index contributed by atoms with van der Waals surface area (Å²) in [7, 11) is 0. The minimum atomic E-state index is -0.283. The molecule has 2 N–H and O–H groups in total. The first kappa shape index (κ1) is 14.6. The number of hydrogen-bond acceptors (Lipinski definition) is 5. The largest absolute Gasteiger partial charge is 0.454 e. The summed E-state index contributed by atoms with van der Waals surface area (Å²) in [6, 6.07) is 3.81. The Bertz CT molecular complexity index is 864. The number of carbonyl (C=O) groups is 1. The first-order valence-electron chi connectivity index (χ1n) is 8.01. The maximum atomic E-state index is 12.7. The minimum Gasteiger partial charge on any atom is -0.454 e. The molecule has 5 nitrogen and oxygen atoms in total. The van der Waals surface area contributed by atoms with E-state index >= 15 is 0 Å². The van der Waals surface area contributed by atoms with E-state index in [1.165, 1.54) is 23.3 Å². The van der Waals surface area contributed by atoms with Gasteiger partial charge >= 0.3 is 0 Å². The van der Waals surface area contributed by atoms with Crippen LogP contribution in [0.1, 0.15) is 45.4 Å². The Hall–Kier alpha value is -1.73. The third-order valence-corrected chi connectivity index (χ3v) is 6.66. The molecule has 0 bridgehead atoms. The number of fused-ring (bicyclic) bond motifs is 4. The molecule has 1 aliphatic carbocycles. The number of carbonyl (C=O) groups excluding carboxylic acids is 1. The van der Waals surface area contributed by atoms with Crippen molar-refractivity contribution < 1.29 is 14.3 Å². The Morgan fingerprint density at radius 1 is 1.12 bits per heavy atom. The van der Waals surface area contributed by atoms with Gasteiger partial charge in [-0.05, 0) is 43.4 Å². The number of rotatable bonds is 1. The molecule has 1 amide bonds. The fraction of sp³-hybridized carbons (Fsp3) is 0.353. The number of aryl methyl sites for hydroxylation is 1. The number of hydrogen-bond donors (Lipinski definition) is 2. The van der Waals surface area contributed by atoms with Gasteiger partial charge in [0.15, 0.2) is 11.5 Å². The maximum Gasteiger partial charge on any atom is 0.256 e. The molecule has 1 atom stereocenters. The molecule has 2 aromatic rings. The molecular formula is C17H15BrN2O3S. The lowest BCUT2D eigenvalue weighted by atomic mass is 9.94. The standard InChI is InChI=1S/C17H15BrN2O3S/c18-10-6-12-11(22-7-23-12)5-9(10)15-19-16(21)14-8-3-1-2-4-13(8)24-17(14)20-15/h5-6,15,20H,1-4,7H2,(H,19,21)/t15-/m0/s1. The van der Waals surface area contributed by atoms with Crippen LogP contribution in [-0.2, 0) is 12.8 Å². The molecule has 0 fully saturated rings. The number of amides is 1. The van der Waals surface area contributed by atoms with Crippen molar-refractivity contribution in [2.24, 2.45) is 0 Å². The first-order valence-corrected chi connectivity index (χ1v) is 9.62. The summed E-state index contributed by atoms with van der Waals surface area (Å²) >= 11 is 5.31.